The van der Waals surface area contributed by atoms with Crippen LogP contribution in [0.2, 0.25) is 0 Å². The van der Waals surface area contributed by atoms with Crippen LogP contribution in [0.3, 0.4) is 0 Å². The van der Waals surface area contributed by atoms with Gasteiger partial charge in [-0.1, -0.05) is 97.1 Å². The van der Waals surface area contributed by atoms with E-state index >= 15 is 0 Å². The Morgan fingerprint density at radius 1 is 0.567 bits per heavy atom. The maximum Gasteiger partial charge on any atom is 0.0799 e. The van der Waals surface area contributed by atoms with E-state index in [1.165, 1.54) is 48.7 Å². The van der Waals surface area contributed by atoms with Gasteiger partial charge in [0.05, 0.1) is 6.10 Å². The van der Waals surface area contributed by atoms with E-state index in [2.05, 4.69) is 97.1 Å². The molecule has 6 aromatic rings. The molecule has 1 atom stereocenters. The molecule has 30 heavy (non-hydrogen) atoms. The second-order valence-electron chi connectivity index (χ2n) is 8.25. The minimum atomic E-state index is -0.485. The highest BCUT2D eigenvalue weighted by Gasteiger charge is 2.15. The SMILES string of the molecule is OC(CCc1ccc2ccccc2c1)c1ccc2ccc3cccc4ccc1c2c34. The Labute approximate surface area is 175 Å². The van der Waals surface area contributed by atoms with Crippen LogP contribution in [0.4, 0.5) is 0 Å². The maximum absolute atomic E-state index is 11.1. The standard InChI is InChI=1S/C29H22O/c30-27(17-9-19-8-10-20-4-1-2-5-24(20)18-19)25-15-13-23-12-11-21-6-3-7-22-14-16-26(25)29(23)28(21)22/h1-8,10-16,18,27,30H,9,17H2. The first-order chi connectivity index (χ1) is 14.8. The van der Waals surface area contributed by atoms with Gasteiger partial charge in [-0.15, -0.1) is 0 Å². The van der Waals surface area contributed by atoms with Gasteiger partial charge in [-0.25, -0.2) is 0 Å². The quantitative estimate of drug-likeness (QED) is 0.313. The molecule has 0 radical (unpaired) electrons. The van der Waals surface area contributed by atoms with Gasteiger partial charge < -0.3 is 5.11 Å². The molecular formula is C29H22O. The normalized spacial score (nSPS) is 13.0. The molecule has 0 bridgehead atoms. The van der Waals surface area contributed by atoms with Crippen molar-refractivity contribution < 1.29 is 5.11 Å². The first-order valence-electron chi connectivity index (χ1n) is 10.6. The number of benzene rings is 6. The van der Waals surface area contributed by atoms with Crippen molar-refractivity contribution in [3.05, 3.63) is 108 Å². The average Bonchev–Trinajstić information content (AvgIpc) is 2.81. The molecule has 0 fully saturated rings. The van der Waals surface area contributed by atoms with E-state index in [1.807, 2.05) is 0 Å². The van der Waals surface area contributed by atoms with Gasteiger partial charge in [0.25, 0.3) is 0 Å². The van der Waals surface area contributed by atoms with Gasteiger partial charge in [0.15, 0.2) is 0 Å². The highest BCUT2D eigenvalue weighted by Crippen LogP contribution is 2.38. The van der Waals surface area contributed by atoms with E-state index in [0.717, 1.165) is 12.0 Å². The molecule has 0 saturated heterocycles. The summed E-state index contributed by atoms with van der Waals surface area (Å²) in [6.45, 7) is 0. The van der Waals surface area contributed by atoms with E-state index in [0.29, 0.717) is 6.42 Å². The van der Waals surface area contributed by atoms with E-state index in [4.69, 9.17) is 0 Å². The second kappa shape index (κ2) is 6.83. The van der Waals surface area contributed by atoms with Crippen molar-refractivity contribution in [2.24, 2.45) is 0 Å². The first-order valence-corrected chi connectivity index (χ1v) is 10.6. The molecule has 1 heteroatoms. The predicted octanol–water partition coefficient (Wildman–Crippen LogP) is 7.40. The molecule has 0 heterocycles. The largest absolute Gasteiger partial charge is 0.388 e. The number of hydrogen-bond acceptors (Lipinski definition) is 1. The predicted molar refractivity (Wildman–Crippen MR) is 127 cm³/mol. The number of fused-ring (bicyclic) bond motifs is 1. The van der Waals surface area contributed by atoms with E-state index in [1.54, 1.807) is 0 Å². The van der Waals surface area contributed by atoms with Gasteiger partial charge in [-0.05, 0) is 67.1 Å². The minimum absolute atomic E-state index is 0.485. The zero-order chi connectivity index (χ0) is 20.1. The Morgan fingerprint density at radius 3 is 2.03 bits per heavy atom. The Balaban J connectivity index is 1.38. The summed E-state index contributed by atoms with van der Waals surface area (Å²) in [4.78, 5) is 0. The highest BCUT2D eigenvalue weighted by atomic mass is 16.3. The van der Waals surface area contributed by atoms with Gasteiger partial charge in [0.2, 0.25) is 0 Å². The Morgan fingerprint density at radius 2 is 1.20 bits per heavy atom. The third kappa shape index (κ3) is 2.74. The lowest BCUT2D eigenvalue weighted by Crippen LogP contribution is -2.01. The van der Waals surface area contributed by atoms with Crippen LogP contribution in [-0.2, 0) is 6.42 Å². The molecule has 6 rings (SSSR count). The van der Waals surface area contributed by atoms with E-state index in [-0.39, 0.29) is 0 Å². The van der Waals surface area contributed by atoms with Crippen molar-refractivity contribution in [3.63, 3.8) is 0 Å². The second-order valence-corrected chi connectivity index (χ2v) is 8.25. The molecule has 0 aliphatic rings. The number of aliphatic hydroxyl groups is 1. The van der Waals surface area contributed by atoms with Gasteiger partial charge in [0.1, 0.15) is 0 Å². The molecule has 1 unspecified atom stereocenters. The average molecular weight is 386 g/mol. The van der Waals surface area contributed by atoms with Crippen molar-refractivity contribution in [3.8, 4) is 0 Å². The monoisotopic (exact) mass is 386 g/mol. The summed E-state index contributed by atoms with van der Waals surface area (Å²) >= 11 is 0. The van der Waals surface area contributed by atoms with Gasteiger partial charge in [-0.2, -0.15) is 0 Å². The summed E-state index contributed by atoms with van der Waals surface area (Å²) in [5.41, 5.74) is 2.30. The third-order valence-corrected chi connectivity index (χ3v) is 6.44. The molecule has 0 saturated carbocycles. The van der Waals surface area contributed by atoms with Gasteiger partial charge >= 0.3 is 0 Å². The Hall–Kier alpha value is -3.42. The van der Waals surface area contributed by atoms with Gasteiger partial charge in [-0.3, -0.25) is 0 Å². The van der Waals surface area contributed by atoms with Gasteiger partial charge in [0, 0.05) is 0 Å². The van der Waals surface area contributed by atoms with Crippen LogP contribution in [0.15, 0.2) is 97.1 Å². The lowest BCUT2D eigenvalue weighted by Gasteiger charge is -2.17. The molecule has 0 aliphatic carbocycles. The number of rotatable bonds is 4. The molecule has 1 N–H and O–H groups in total. The van der Waals surface area contributed by atoms with Crippen LogP contribution in [0.25, 0.3) is 43.1 Å². The van der Waals surface area contributed by atoms with Crippen LogP contribution in [0.1, 0.15) is 23.7 Å². The van der Waals surface area contributed by atoms with Crippen molar-refractivity contribution >= 4 is 43.1 Å². The zero-order valence-electron chi connectivity index (χ0n) is 16.7. The fourth-order valence-electron chi connectivity index (χ4n) is 4.90. The molecule has 6 aromatic carbocycles. The lowest BCUT2D eigenvalue weighted by atomic mass is 9.89. The van der Waals surface area contributed by atoms with Crippen LogP contribution < -0.4 is 0 Å². The lowest BCUT2D eigenvalue weighted by molar-refractivity contribution is 0.169. The summed E-state index contributed by atoms with van der Waals surface area (Å²) in [7, 11) is 0. The summed E-state index contributed by atoms with van der Waals surface area (Å²) in [5.74, 6) is 0. The summed E-state index contributed by atoms with van der Waals surface area (Å²) in [6, 6.07) is 34.5. The smallest absolute Gasteiger partial charge is 0.0799 e. The van der Waals surface area contributed by atoms with Crippen LogP contribution in [-0.4, -0.2) is 5.11 Å². The highest BCUT2D eigenvalue weighted by molar-refractivity contribution is 6.23. The van der Waals surface area contributed by atoms with Crippen LogP contribution in [0, 0.1) is 0 Å². The molecule has 0 amide bonds. The molecule has 0 aliphatic heterocycles. The van der Waals surface area contributed by atoms with Crippen molar-refractivity contribution in [2.75, 3.05) is 0 Å². The molecule has 0 aromatic heterocycles. The number of aliphatic hydroxyl groups excluding tert-OH is 1. The maximum atomic E-state index is 11.1. The summed E-state index contributed by atoms with van der Waals surface area (Å²) in [6.07, 6.45) is 1.08. The summed E-state index contributed by atoms with van der Waals surface area (Å²) < 4.78 is 0. The molecular weight excluding hydrogens is 364 g/mol. The third-order valence-electron chi connectivity index (χ3n) is 6.44. The topological polar surface area (TPSA) is 20.2 Å². The van der Waals surface area contributed by atoms with Crippen molar-refractivity contribution in [2.45, 2.75) is 18.9 Å². The number of aryl methyl sites for hydroxylation is 1. The Kier molecular flexibility index (Phi) is 3.97. The van der Waals surface area contributed by atoms with Crippen LogP contribution in [0.5, 0.6) is 0 Å². The van der Waals surface area contributed by atoms with E-state index < -0.39 is 6.10 Å². The molecule has 0 spiro atoms. The fourth-order valence-corrected chi connectivity index (χ4v) is 4.90. The number of hydrogen-bond donors (Lipinski definition) is 1. The molecule has 144 valence electrons. The minimum Gasteiger partial charge on any atom is -0.388 e. The van der Waals surface area contributed by atoms with Crippen LogP contribution >= 0.6 is 0 Å². The first kappa shape index (κ1) is 17.4. The fraction of sp³-hybridized carbons (Fsp3) is 0.103. The zero-order valence-corrected chi connectivity index (χ0v) is 16.7. The van der Waals surface area contributed by atoms with Crippen molar-refractivity contribution in [1.29, 1.82) is 0 Å². The summed E-state index contributed by atoms with van der Waals surface area (Å²) in [5, 5.41) is 21.1. The van der Waals surface area contributed by atoms with E-state index in [9.17, 15) is 5.11 Å². The molecule has 1 nitrogen and oxygen atoms in total. The van der Waals surface area contributed by atoms with Crippen molar-refractivity contribution in [1.82, 2.24) is 0 Å². The Bertz CT molecular complexity index is 1500.